The quantitative estimate of drug-likeness (QED) is 0.657. The molecule has 0 saturated carbocycles. The number of hydrogen-bond acceptors (Lipinski definition) is 3. The first kappa shape index (κ1) is 13.2. The van der Waals surface area contributed by atoms with Crippen LogP contribution in [-0.2, 0) is 6.54 Å². The van der Waals surface area contributed by atoms with E-state index < -0.39 is 0 Å². The van der Waals surface area contributed by atoms with Crippen LogP contribution in [0.3, 0.4) is 0 Å². The summed E-state index contributed by atoms with van der Waals surface area (Å²) in [5, 5.41) is 3.99. The van der Waals surface area contributed by atoms with Crippen molar-refractivity contribution in [2.24, 2.45) is 0 Å². The molecule has 0 unspecified atom stereocenters. The van der Waals surface area contributed by atoms with Gasteiger partial charge in [-0.15, -0.1) is 0 Å². The highest BCUT2D eigenvalue weighted by Crippen LogP contribution is 2.38. The Morgan fingerprint density at radius 3 is 3.00 bits per heavy atom. The molecule has 1 heterocycles. The predicted molar refractivity (Wildman–Crippen MR) is 73.6 cm³/mol. The molecule has 4 heteroatoms. The molecule has 1 N–H and O–H groups in total. The van der Waals surface area contributed by atoms with Crippen molar-refractivity contribution in [3.63, 3.8) is 0 Å². The molecule has 0 bridgehead atoms. The summed E-state index contributed by atoms with van der Waals surface area (Å²) in [6, 6.07) is 3.92. The van der Waals surface area contributed by atoms with Crippen LogP contribution < -0.4 is 14.8 Å². The van der Waals surface area contributed by atoms with Gasteiger partial charge >= 0.3 is 0 Å². The van der Waals surface area contributed by atoms with Crippen LogP contribution in [0.4, 0.5) is 0 Å². The topological polar surface area (TPSA) is 30.5 Å². The van der Waals surface area contributed by atoms with Crippen molar-refractivity contribution in [2.45, 2.75) is 19.9 Å². The molecular formula is C14H18ClNO2. The number of fused-ring (bicyclic) bond motifs is 1. The van der Waals surface area contributed by atoms with Gasteiger partial charge in [-0.05, 0) is 37.6 Å². The Morgan fingerprint density at radius 2 is 2.17 bits per heavy atom. The third kappa shape index (κ3) is 3.40. The molecule has 3 nitrogen and oxygen atoms in total. The van der Waals surface area contributed by atoms with Crippen molar-refractivity contribution >= 4 is 11.6 Å². The Labute approximate surface area is 113 Å². The lowest BCUT2D eigenvalue weighted by Crippen LogP contribution is -2.17. The number of nitrogens with one attached hydrogen (secondary N) is 1. The first-order valence-corrected chi connectivity index (χ1v) is 6.59. The number of benzene rings is 1. The maximum Gasteiger partial charge on any atom is 0.179 e. The Bertz CT molecular complexity index is 432. The summed E-state index contributed by atoms with van der Waals surface area (Å²) in [6.45, 7) is 4.92. The van der Waals surface area contributed by atoms with Crippen LogP contribution in [0.25, 0.3) is 0 Å². The van der Waals surface area contributed by atoms with Crippen molar-refractivity contribution in [1.82, 2.24) is 5.32 Å². The Morgan fingerprint density at radius 1 is 1.33 bits per heavy atom. The minimum atomic E-state index is 0.563. The lowest BCUT2D eigenvalue weighted by Gasteiger charge is -2.20. The summed E-state index contributed by atoms with van der Waals surface area (Å²) < 4.78 is 11.0. The van der Waals surface area contributed by atoms with E-state index in [1.54, 1.807) is 0 Å². The van der Waals surface area contributed by atoms with Gasteiger partial charge in [0.15, 0.2) is 11.5 Å². The molecule has 0 atom stereocenters. The molecule has 18 heavy (non-hydrogen) atoms. The summed E-state index contributed by atoms with van der Waals surface area (Å²) in [7, 11) is 0. The van der Waals surface area contributed by atoms with E-state index in [0.717, 1.165) is 30.8 Å². The van der Waals surface area contributed by atoms with Crippen LogP contribution in [0.1, 0.15) is 18.9 Å². The minimum absolute atomic E-state index is 0.563. The van der Waals surface area contributed by atoms with Crippen molar-refractivity contribution in [3.8, 4) is 11.5 Å². The maximum atomic E-state index is 6.17. The Kier molecular flexibility index (Phi) is 4.90. The van der Waals surface area contributed by atoms with E-state index >= 15 is 0 Å². The number of halogens is 1. The lowest BCUT2D eigenvalue weighted by atomic mass is 10.2. The van der Waals surface area contributed by atoms with Crippen molar-refractivity contribution in [1.29, 1.82) is 0 Å². The zero-order valence-electron chi connectivity index (χ0n) is 10.5. The van der Waals surface area contributed by atoms with E-state index in [-0.39, 0.29) is 0 Å². The molecule has 0 radical (unpaired) electrons. The average Bonchev–Trinajstić information content (AvgIpc) is 2.39. The number of allylic oxidation sites excluding steroid dienone is 1. The van der Waals surface area contributed by atoms with Crippen LogP contribution in [0, 0.1) is 0 Å². The van der Waals surface area contributed by atoms with Gasteiger partial charge in [0.1, 0.15) is 13.2 Å². The summed E-state index contributed by atoms with van der Waals surface area (Å²) in [5.41, 5.74) is 1.12. The molecule has 1 aliphatic heterocycles. The van der Waals surface area contributed by atoms with Gasteiger partial charge in [-0.1, -0.05) is 23.8 Å². The summed E-state index contributed by atoms with van der Waals surface area (Å²) in [4.78, 5) is 0. The fourth-order valence-electron chi connectivity index (χ4n) is 1.85. The van der Waals surface area contributed by atoms with Crippen LogP contribution in [0.5, 0.6) is 11.5 Å². The Hall–Kier alpha value is -1.19. The normalized spacial score (nSPS) is 14.1. The number of rotatable bonds is 5. The molecule has 1 aromatic carbocycles. The molecule has 98 valence electrons. The van der Waals surface area contributed by atoms with Crippen LogP contribution in [0.15, 0.2) is 24.3 Å². The molecule has 0 fully saturated rings. The van der Waals surface area contributed by atoms with Gasteiger partial charge in [-0.25, -0.2) is 0 Å². The molecular weight excluding hydrogens is 250 g/mol. The van der Waals surface area contributed by atoms with Crippen molar-refractivity contribution in [2.75, 3.05) is 19.8 Å². The maximum absolute atomic E-state index is 6.17. The fraction of sp³-hybridized carbons (Fsp3) is 0.429. The van der Waals surface area contributed by atoms with Gasteiger partial charge in [0.25, 0.3) is 0 Å². The fourth-order valence-corrected chi connectivity index (χ4v) is 2.14. The molecule has 1 aromatic rings. The number of hydrogen-bond donors (Lipinski definition) is 1. The van der Waals surface area contributed by atoms with Crippen LogP contribution in [0.2, 0.25) is 5.02 Å². The van der Waals surface area contributed by atoms with E-state index in [0.29, 0.717) is 24.0 Å². The van der Waals surface area contributed by atoms with Crippen LogP contribution in [-0.4, -0.2) is 19.8 Å². The van der Waals surface area contributed by atoms with Crippen molar-refractivity contribution < 1.29 is 9.47 Å². The molecule has 0 amide bonds. The standard InChI is InChI=1S/C14H18ClNO2/c1-2-3-4-5-16-10-11-8-12(15)14-13(9-11)17-6-7-18-14/h2-3,8-9,16H,4-7,10H2,1H3/b3-2+. The number of ether oxygens (including phenoxy) is 2. The SMILES string of the molecule is C/C=C/CCNCc1cc(Cl)c2c(c1)OCCO2. The molecule has 0 aromatic heterocycles. The highest BCUT2D eigenvalue weighted by atomic mass is 35.5. The molecule has 0 aliphatic carbocycles. The van der Waals surface area contributed by atoms with Gasteiger partial charge in [-0.3, -0.25) is 0 Å². The van der Waals surface area contributed by atoms with Crippen molar-refractivity contribution in [3.05, 3.63) is 34.9 Å². The highest BCUT2D eigenvalue weighted by molar-refractivity contribution is 6.32. The van der Waals surface area contributed by atoms with E-state index in [4.69, 9.17) is 21.1 Å². The average molecular weight is 268 g/mol. The molecule has 2 rings (SSSR count). The second-order valence-corrected chi connectivity index (χ2v) is 4.54. The molecule has 1 aliphatic rings. The first-order chi connectivity index (χ1) is 8.81. The first-order valence-electron chi connectivity index (χ1n) is 6.21. The van der Waals surface area contributed by atoms with Gasteiger partial charge in [0, 0.05) is 6.54 Å². The highest BCUT2D eigenvalue weighted by Gasteiger charge is 2.16. The summed E-state index contributed by atoms with van der Waals surface area (Å²) >= 11 is 6.17. The summed E-state index contributed by atoms with van der Waals surface area (Å²) in [5.74, 6) is 1.42. The molecule has 0 spiro atoms. The van der Waals surface area contributed by atoms with Gasteiger partial charge < -0.3 is 14.8 Å². The van der Waals surface area contributed by atoms with E-state index in [1.165, 1.54) is 0 Å². The van der Waals surface area contributed by atoms with E-state index in [1.807, 2.05) is 19.1 Å². The largest absolute Gasteiger partial charge is 0.486 e. The van der Waals surface area contributed by atoms with E-state index in [2.05, 4.69) is 17.5 Å². The third-order valence-electron chi connectivity index (χ3n) is 2.71. The van der Waals surface area contributed by atoms with E-state index in [9.17, 15) is 0 Å². The van der Waals surface area contributed by atoms with Gasteiger partial charge in [0.2, 0.25) is 0 Å². The molecule has 0 saturated heterocycles. The van der Waals surface area contributed by atoms with Crippen LogP contribution >= 0.6 is 11.6 Å². The smallest absolute Gasteiger partial charge is 0.179 e. The lowest BCUT2D eigenvalue weighted by molar-refractivity contribution is 0.171. The monoisotopic (exact) mass is 267 g/mol. The second kappa shape index (κ2) is 6.66. The zero-order valence-corrected chi connectivity index (χ0v) is 11.3. The third-order valence-corrected chi connectivity index (χ3v) is 2.99. The zero-order chi connectivity index (χ0) is 12.8. The summed E-state index contributed by atoms with van der Waals surface area (Å²) in [6.07, 6.45) is 5.24. The minimum Gasteiger partial charge on any atom is -0.486 e. The van der Waals surface area contributed by atoms with Gasteiger partial charge in [0.05, 0.1) is 5.02 Å². The Balaban J connectivity index is 1.95. The van der Waals surface area contributed by atoms with Gasteiger partial charge in [-0.2, -0.15) is 0 Å². The predicted octanol–water partition coefficient (Wildman–Crippen LogP) is 3.17. The second-order valence-electron chi connectivity index (χ2n) is 4.14.